The van der Waals surface area contributed by atoms with Gasteiger partial charge in [0.05, 0.1) is 6.67 Å². The maximum absolute atomic E-state index is 3.25. The molecule has 1 saturated heterocycles. The van der Waals surface area contributed by atoms with Crippen molar-refractivity contribution < 1.29 is 0 Å². The predicted octanol–water partition coefficient (Wildman–Crippen LogP) is 0.939. The molecule has 0 radical (unpaired) electrons. The first-order chi connectivity index (χ1) is 4.93. The normalized spacial score (nSPS) is 19.9. The SMILES string of the molecule is C/C=C\C=C/N1CCNC1. The second-order valence-corrected chi connectivity index (χ2v) is 2.34. The number of hydrogen-bond acceptors (Lipinski definition) is 2. The van der Waals surface area contributed by atoms with Gasteiger partial charge in [-0.3, -0.25) is 5.32 Å². The van der Waals surface area contributed by atoms with E-state index in [1.54, 1.807) is 0 Å². The van der Waals surface area contributed by atoms with Crippen molar-refractivity contribution in [1.29, 1.82) is 0 Å². The summed E-state index contributed by atoms with van der Waals surface area (Å²) in [6.07, 6.45) is 8.24. The maximum atomic E-state index is 3.25. The highest BCUT2D eigenvalue weighted by Gasteiger charge is 2.03. The standard InChI is InChI=1S/C8H14N2/c1-2-3-4-6-10-7-5-9-8-10/h2-4,6,9H,5,7-8H2,1H3/b3-2-,6-4-. The molecule has 2 nitrogen and oxygen atoms in total. The lowest BCUT2D eigenvalue weighted by molar-refractivity contribution is 0.461. The van der Waals surface area contributed by atoms with E-state index in [1.165, 1.54) is 0 Å². The van der Waals surface area contributed by atoms with Gasteiger partial charge in [-0.2, -0.15) is 0 Å². The molecule has 0 aromatic rings. The average molecular weight is 138 g/mol. The van der Waals surface area contributed by atoms with Crippen LogP contribution in [0.15, 0.2) is 24.4 Å². The minimum atomic E-state index is 0.994. The van der Waals surface area contributed by atoms with E-state index in [2.05, 4.69) is 22.5 Å². The Kier molecular flexibility index (Phi) is 3.03. The molecule has 1 fully saturated rings. The fraction of sp³-hybridized carbons (Fsp3) is 0.500. The number of nitrogens with one attached hydrogen (secondary N) is 1. The minimum absolute atomic E-state index is 0.994. The number of rotatable bonds is 2. The van der Waals surface area contributed by atoms with Crippen LogP contribution in [-0.2, 0) is 0 Å². The monoisotopic (exact) mass is 138 g/mol. The second kappa shape index (κ2) is 4.12. The molecule has 2 heteroatoms. The quantitative estimate of drug-likeness (QED) is 0.571. The van der Waals surface area contributed by atoms with Crippen LogP contribution < -0.4 is 5.32 Å². The Hall–Kier alpha value is -0.760. The Bertz CT molecular complexity index is 132. The fourth-order valence-electron chi connectivity index (χ4n) is 0.934. The Balaban J connectivity index is 2.22. The summed E-state index contributed by atoms with van der Waals surface area (Å²) in [6.45, 7) is 5.26. The Morgan fingerprint density at radius 2 is 2.30 bits per heavy atom. The summed E-state index contributed by atoms with van der Waals surface area (Å²) in [5.74, 6) is 0. The van der Waals surface area contributed by atoms with Gasteiger partial charge in [0.2, 0.25) is 0 Å². The van der Waals surface area contributed by atoms with Crippen LogP contribution in [0, 0.1) is 0 Å². The minimum Gasteiger partial charge on any atom is -0.364 e. The molecular formula is C8H14N2. The van der Waals surface area contributed by atoms with Gasteiger partial charge >= 0.3 is 0 Å². The topological polar surface area (TPSA) is 15.3 Å². The smallest absolute Gasteiger partial charge is 0.0677 e. The van der Waals surface area contributed by atoms with Crippen LogP contribution in [0.1, 0.15) is 6.92 Å². The average Bonchev–Trinajstić information content (AvgIpc) is 2.41. The highest BCUT2D eigenvalue weighted by Crippen LogP contribution is 1.92. The fourth-order valence-corrected chi connectivity index (χ4v) is 0.934. The molecule has 0 bridgehead atoms. The van der Waals surface area contributed by atoms with Crippen LogP contribution in [0.5, 0.6) is 0 Å². The first kappa shape index (κ1) is 7.35. The number of allylic oxidation sites excluding steroid dienone is 3. The molecule has 56 valence electrons. The lowest BCUT2D eigenvalue weighted by atomic mass is 10.5. The molecule has 10 heavy (non-hydrogen) atoms. The van der Waals surface area contributed by atoms with Crippen LogP contribution in [0.2, 0.25) is 0 Å². The van der Waals surface area contributed by atoms with E-state index in [-0.39, 0.29) is 0 Å². The van der Waals surface area contributed by atoms with Gasteiger partial charge in [-0.05, 0) is 13.0 Å². The molecular weight excluding hydrogens is 124 g/mol. The number of hydrogen-bond donors (Lipinski definition) is 1. The third kappa shape index (κ3) is 2.23. The first-order valence-corrected chi connectivity index (χ1v) is 3.68. The third-order valence-corrected chi connectivity index (χ3v) is 1.49. The van der Waals surface area contributed by atoms with Gasteiger partial charge in [-0.15, -0.1) is 0 Å². The molecule has 0 amide bonds. The summed E-state index contributed by atoms with van der Waals surface area (Å²) in [4.78, 5) is 2.25. The molecule has 1 aliphatic rings. The molecule has 0 unspecified atom stereocenters. The van der Waals surface area contributed by atoms with Crippen molar-refractivity contribution in [3.8, 4) is 0 Å². The van der Waals surface area contributed by atoms with Gasteiger partial charge in [0, 0.05) is 19.3 Å². The Morgan fingerprint density at radius 1 is 1.40 bits per heavy atom. The summed E-state index contributed by atoms with van der Waals surface area (Å²) < 4.78 is 0. The van der Waals surface area contributed by atoms with Crippen molar-refractivity contribution >= 4 is 0 Å². The van der Waals surface area contributed by atoms with E-state index in [1.807, 2.05) is 19.1 Å². The van der Waals surface area contributed by atoms with Gasteiger partial charge in [0.1, 0.15) is 0 Å². The third-order valence-electron chi connectivity index (χ3n) is 1.49. The van der Waals surface area contributed by atoms with E-state index in [0.29, 0.717) is 0 Å². The van der Waals surface area contributed by atoms with Crippen LogP contribution in [-0.4, -0.2) is 24.7 Å². The molecule has 1 rings (SSSR count). The molecule has 1 heterocycles. The van der Waals surface area contributed by atoms with Crippen molar-refractivity contribution in [2.24, 2.45) is 0 Å². The zero-order valence-electron chi connectivity index (χ0n) is 6.38. The Labute approximate surface area is 62.2 Å². The van der Waals surface area contributed by atoms with E-state index >= 15 is 0 Å². The zero-order valence-corrected chi connectivity index (χ0v) is 6.38. The molecule has 0 spiro atoms. The van der Waals surface area contributed by atoms with Gasteiger partial charge in [-0.25, -0.2) is 0 Å². The van der Waals surface area contributed by atoms with Crippen molar-refractivity contribution in [2.75, 3.05) is 19.8 Å². The van der Waals surface area contributed by atoms with E-state index in [4.69, 9.17) is 0 Å². The molecule has 1 N–H and O–H groups in total. The molecule has 0 aromatic heterocycles. The van der Waals surface area contributed by atoms with Crippen molar-refractivity contribution in [1.82, 2.24) is 10.2 Å². The van der Waals surface area contributed by atoms with Gasteiger partial charge in [-0.1, -0.05) is 12.2 Å². The highest BCUT2D eigenvalue weighted by molar-refractivity contribution is 5.01. The number of nitrogens with zero attached hydrogens (tertiary/aromatic N) is 1. The largest absolute Gasteiger partial charge is 0.364 e. The van der Waals surface area contributed by atoms with Crippen molar-refractivity contribution in [3.63, 3.8) is 0 Å². The summed E-state index contributed by atoms with van der Waals surface area (Å²) in [5, 5.41) is 3.25. The predicted molar refractivity (Wildman–Crippen MR) is 43.5 cm³/mol. The summed E-state index contributed by atoms with van der Waals surface area (Å²) in [5.41, 5.74) is 0. The molecule has 0 saturated carbocycles. The summed E-state index contributed by atoms with van der Waals surface area (Å²) >= 11 is 0. The van der Waals surface area contributed by atoms with Crippen LogP contribution in [0.25, 0.3) is 0 Å². The van der Waals surface area contributed by atoms with Gasteiger partial charge in [0.15, 0.2) is 0 Å². The Morgan fingerprint density at radius 3 is 2.90 bits per heavy atom. The second-order valence-electron chi connectivity index (χ2n) is 2.34. The molecule has 0 aliphatic carbocycles. The molecule has 0 atom stereocenters. The zero-order chi connectivity index (χ0) is 7.23. The summed E-state index contributed by atoms with van der Waals surface area (Å²) in [6, 6.07) is 0. The highest BCUT2D eigenvalue weighted by atomic mass is 15.3. The maximum Gasteiger partial charge on any atom is 0.0677 e. The van der Waals surface area contributed by atoms with Crippen molar-refractivity contribution in [2.45, 2.75) is 6.92 Å². The van der Waals surface area contributed by atoms with Crippen LogP contribution in [0.3, 0.4) is 0 Å². The van der Waals surface area contributed by atoms with Gasteiger partial charge < -0.3 is 4.90 Å². The van der Waals surface area contributed by atoms with Gasteiger partial charge in [0.25, 0.3) is 0 Å². The first-order valence-electron chi connectivity index (χ1n) is 3.68. The van der Waals surface area contributed by atoms with E-state index in [0.717, 1.165) is 19.8 Å². The van der Waals surface area contributed by atoms with E-state index < -0.39 is 0 Å². The van der Waals surface area contributed by atoms with E-state index in [9.17, 15) is 0 Å². The summed E-state index contributed by atoms with van der Waals surface area (Å²) in [7, 11) is 0. The molecule has 0 aromatic carbocycles. The van der Waals surface area contributed by atoms with Crippen LogP contribution in [0.4, 0.5) is 0 Å². The lowest BCUT2D eigenvalue weighted by Gasteiger charge is -2.07. The molecule has 1 aliphatic heterocycles. The lowest BCUT2D eigenvalue weighted by Crippen LogP contribution is -2.14. The van der Waals surface area contributed by atoms with Crippen molar-refractivity contribution in [3.05, 3.63) is 24.4 Å². The van der Waals surface area contributed by atoms with Crippen LogP contribution >= 0.6 is 0 Å².